The molecule has 0 radical (unpaired) electrons. The van der Waals surface area contributed by atoms with Crippen LogP contribution in [0.15, 0.2) is 122 Å². The summed E-state index contributed by atoms with van der Waals surface area (Å²) >= 11 is 0. The molecular formula is C55H86O6. The average Bonchev–Trinajstić information content (AvgIpc) is 3.26. The highest BCUT2D eigenvalue weighted by atomic mass is 16.6. The standard InChI is InChI=1S/C55H86O6/c1-4-7-10-13-16-19-21-23-25-27-29-31-33-36-38-41-44-47-53(56)59-50-52(61-55(58)49-46-43-40-35-18-15-12-9-6-3)51-60-54(57)48-45-42-39-37-34-32-30-28-26-24-22-20-17-14-11-8-5-2/h7-8,10-11,16-17,19-20,23-26,29-32,36-39,52H,4-6,9,12-15,18,21-22,27-28,33-35,40-51H2,1-3H3/b10-7-,11-8-,19-16-,20-17-,25-23-,26-24-,31-29-,32-30-,38-36-,39-37-. The van der Waals surface area contributed by atoms with Crippen molar-refractivity contribution in [1.29, 1.82) is 0 Å². The predicted octanol–water partition coefficient (Wildman–Crippen LogP) is 15.7. The summed E-state index contributed by atoms with van der Waals surface area (Å²) in [5.74, 6) is -1.05. The van der Waals surface area contributed by atoms with Crippen molar-refractivity contribution >= 4 is 17.9 Å². The highest BCUT2D eigenvalue weighted by Gasteiger charge is 2.19. The Labute approximate surface area is 373 Å². The molecule has 0 rings (SSSR count). The van der Waals surface area contributed by atoms with Crippen molar-refractivity contribution in [2.75, 3.05) is 13.2 Å². The predicted molar refractivity (Wildman–Crippen MR) is 260 cm³/mol. The number of rotatable bonds is 41. The lowest BCUT2D eigenvalue weighted by Crippen LogP contribution is -2.30. The summed E-state index contributed by atoms with van der Waals surface area (Å²) in [7, 11) is 0. The third-order valence-electron chi connectivity index (χ3n) is 9.46. The van der Waals surface area contributed by atoms with Crippen LogP contribution in [0.5, 0.6) is 0 Å². The van der Waals surface area contributed by atoms with Crippen LogP contribution in [0, 0.1) is 0 Å². The number of esters is 3. The van der Waals surface area contributed by atoms with E-state index in [1.54, 1.807) is 0 Å². The van der Waals surface area contributed by atoms with E-state index in [1.807, 2.05) is 0 Å². The molecule has 0 aromatic heterocycles. The van der Waals surface area contributed by atoms with Gasteiger partial charge >= 0.3 is 17.9 Å². The smallest absolute Gasteiger partial charge is 0.306 e. The summed E-state index contributed by atoms with van der Waals surface area (Å²) in [5.41, 5.74) is 0. The molecule has 0 aliphatic heterocycles. The molecule has 0 N–H and O–H groups in total. The molecule has 6 nitrogen and oxygen atoms in total. The Kier molecular flexibility index (Phi) is 45.1. The van der Waals surface area contributed by atoms with E-state index in [-0.39, 0.29) is 44.0 Å². The van der Waals surface area contributed by atoms with Crippen molar-refractivity contribution in [3.8, 4) is 0 Å². The van der Waals surface area contributed by atoms with Gasteiger partial charge in [-0.2, -0.15) is 0 Å². The number of unbranched alkanes of at least 4 members (excludes halogenated alkanes) is 10. The van der Waals surface area contributed by atoms with Crippen molar-refractivity contribution in [3.63, 3.8) is 0 Å². The normalized spacial score (nSPS) is 12.7. The van der Waals surface area contributed by atoms with Crippen LogP contribution in [0.2, 0.25) is 0 Å². The van der Waals surface area contributed by atoms with Crippen LogP contribution >= 0.6 is 0 Å². The number of carbonyl (C=O) groups excluding carboxylic acids is 3. The van der Waals surface area contributed by atoms with Crippen molar-refractivity contribution in [2.45, 2.75) is 194 Å². The first-order chi connectivity index (χ1) is 30.0. The number of carbonyl (C=O) groups is 3. The van der Waals surface area contributed by atoms with Crippen LogP contribution in [0.1, 0.15) is 188 Å². The summed E-state index contributed by atoms with van der Waals surface area (Å²) in [6.07, 6.45) is 66.2. The molecule has 0 aliphatic rings. The van der Waals surface area contributed by atoms with Gasteiger partial charge in [-0.1, -0.05) is 194 Å². The first kappa shape index (κ1) is 56.8. The van der Waals surface area contributed by atoms with Crippen molar-refractivity contribution < 1.29 is 28.6 Å². The fourth-order valence-corrected chi connectivity index (χ4v) is 5.92. The molecule has 0 saturated heterocycles. The van der Waals surface area contributed by atoms with Crippen LogP contribution in [-0.2, 0) is 28.6 Å². The van der Waals surface area contributed by atoms with E-state index >= 15 is 0 Å². The highest BCUT2D eigenvalue weighted by Crippen LogP contribution is 2.12. The maximum absolute atomic E-state index is 12.7. The fraction of sp³-hybridized carbons (Fsp3) is 0.582. The number of hydrogen-bond donors (Lipinski definition) is 0. The van der Waals surface area contributed by atoms with Gasteiger partial charge in [0.25, 0.3) is 0 Å². The van der Waals surface area contributed by atoms with Gasteiger partial charge < -0.3 is 14.2 Å². The summed E-state index contributed by atoms with van der Waals surface area (Å²) in [5, 5.41) is 0. The molecule has 0 heterocycles. The minimum atomic E-state index is -0.823. The summed E-state index contributed by atoms with van der Waals surface area (Å²) in [4.78, 5) is 37.8. The molecule has 0 aliphatic carbocycles. The van der Waals surface area contributed by atoms with Gasteiger partial charge in [0.15, 0.2) is 6.10 Å². The monoisotopic (exact) mass is 843 g/mol. The van der Waals surface area contributed by atoms with Gasteiger partial charge in [0, 0.05) is 19.3 Å². The van der Waals surface area contributed by atoms with Gasteiger partial charge in [0.2, 0.25) is 0 Å². The minimum absolute atomic E-state index is 0.128. The first-order valence-electron chi connectivity index (χ1n) is 24.0. The lowest BCUT2D eigenvalue weighted by molar-refractivity contribution is -0.167. The van der Waals surface area contributed by atoms with Crippen LogP contribution < -0.4 is 0 Å². The molecule has 0 spiro atoms. The number of ether oxygens (including phenoxy) is 3. The maximum atomic E-state index is 12.7. The minimum Gasteiger partial charge on any atom is -0.462 e. The van der Waals surface area contributed by atoms with Gasteiger partial charge in [-0.25, -0.2) is 0 Å². The van der Waals surface area contributed by atoms with E-state index in [4.69, 9.17) is 14.2 Å². The molecule has 0 aromatic rings. The lowest BCUT2D eigenvalue weighted by Gasteiger charge is -2.18. The van der Waals surface area contributed by atoms with E-state index < -0.39 is 6.10 Å². The van der Waals surface area contributed by atoms with Gasteiger partial charge in [0.1, 0.15) is 13.2 Å². The zero-order valence-corrected chi connectivity index (χ0v) is 38.9. The first-order valence-corrected chi connectivity index (χ1v) is 24.0. The average molecular weight is 843 g/mol. The molecule has 342 valence electrons. The molecule has 0 saturated carbocycles. The summed E-state index contributed by atoms with van der Waals surface area (Å²) in [6.45, 7) is 6.26. The van der Waals surface area contributed by atoms with E-state index in [1.165, 1.54) is 38.5 Å². The Hall–Kier alpha value is -4.19. The zero-order valence-electron chi connectivity index (χ0n) is 38.9. The Morgan fingerprint density at radius 3 is 0.984 bits per heavy atom. The van der Waals surface area contributed by atoms with Crippen molar-refractivity contribution in [1.82, 2.24) is 0 Å². The van der Waals surface area contributed by atoms with Crippen LogP contribution in [0.25, 0.3) is 0 Å². The summed E-state index contributed by atoms with van der Waals surface area (Å²) in [6, 6.07) is 0. The lowest BCUT2D eigenvalue weighted by atomic mass is 10.1. The molecule has 0 amide bonds. The maximum Gasteiger partial charge on any atom is 0.306 e. The molecule has 0 aromatic carbocycles. The van der Waals surface area contributed by atoms with Gasteiger partial charge in [-0.15, -0.1) is 0 Å². The number of hydrogen-bond acceptors (Lipinski definition) is 6. The van der Waals surface area contributed by atoms with Gasteiger partial charge in [-0.05, 0) is 96.3 Å². The molecule has 6 heteroatoms. The third kappa shape index (κ3) is 46.7. The molecular weight excluding hydrogens is 757 g/mol. The van der Waals surface area contributed by atoms with Crippen LogP contribution in [-0.4, -0.2) is 37.2 Å². The quantitative estimate of drug-likeness (QED) is 0.0264. The Bertz CT molecular complexity index is 1250. The third-order valence-corrected chi connectivity index (χ3v) is 9.46. The fourth-order valence-electron chi connectivity index (χ4n) is 5.92. The Morgan fingerprint density at radius 1 is 0.344 bits per heavy atom. The van der Waals surface area contributed by atoms with E-state index in [0.717, 1.165) is 96.3 Å². The van der Waals surface area contributed by atoms with E-state index in [2.05, 4.69) is 142 Å². The SMILES string of the molecule is CC/C=C\C/C=C\C/C=C\C/C=C\C/C=C\CCCC(=O)OCC(COC(=O)CCC/C=C\C/C=C\C/C=C\C/C=C\C/C=C\CC)OC(=O)CCCCCCCCCCC. The molecule has 0 fully saturated rings. The van der Waals surface area contributed by atoms with E-state index in [9.17, 15) is 14.4 Å². The molecule has 0 bridgehead atoms. The highest BCUT2D eigenvalue weighted by molar-refractivity contribution is 5.71. The molecule has 0 atom stereocenters. The number of allylic oxidation sites excluding steroid dienone is 20. The molecule has 61 heavy (non-hydrogen) atoms. The Morgan fingerprint density at radius 2 is 0.639 bits per heavy atom. The van der Waals surface area contributed by atoms with Crippen LogP contribution in [0.3, 0.4) is 0 Å². The van der Waals surface area contributed by atoms with Crippen LogP contribution in [0.4, 0.5) is 0 Å². The van der Waals surface area contributed by atoms with Gasteiger partial charge in [-0.3, -0.25) is 14.4 Å². The van der Waals surface area contributed by atoms with E-state index in [0.29, 0.717) is 19.3 Å². The van der Waals surface area contributed by atoms with Gasteiger partial charge in [0.05, 0.1) is 0 Å². The topological polar surface area (TPSA) is 78.9 Å². The van der Waals surface area contributed by atoms with Crippen molar-refractivity contribution in [2.24, 2.45) is 0 Å². The largest absolute Gasteiger partial charge is 0.462 e. The molecule has 0 unspecified atom stereocenters. The second-order valence-corrected chi connectivity index (χ2v) is 15.3. The Balaban J connectivity index is 4.53. The zero-order chi connectivity index (χ0) is 44.4. The second kappa shape index (κ2) is 48.5. The second-order valence-electron chi connectivity index (χ2n) is 15.3. The summed E-state index contributed by atoms with van der Waals surface area (Å²) < 4.78 is 16.6. The van der Waals surface area contributed by atoms with Crippen molar-refractivity contribution in [3.05, 3.63) is 122 Å².